The number of carbonyl (C=O) groups is 1. The highest BCUT2D eigenvalue weighted by Crippen LogP contribution is 2.52. The molecule has 61 heavy (non-hydrogen) atoms. The second kappa shape index (κ2) is 16.7. The SMILES string of the molecule is Cc1sc2c(c1C)C(c1ccc(C#CC3CC4(C3)CN(c3ccc(C(N)=O)nn3)C4)cc1)=NC(C)c1nnc(C)n1-2.N#Cc1ccc(OC2CCCCC2)cc1OC(F)(F)F. The first-order valence-electron chi connectivity index (χ1n) is 20.3. The molecule has 1 atom stereocenters. The Hall–Kier alpha value is -6.26. The fraction of sp³-hybridized carbons (Fsp3) is 0.400. The quantitative estimate of drug-likeness (QED) is 0.166. The molecular formula is C45H44F3N9O3S. The van der Waals surface area contributed by atoms with E-state index in [1.165, 1.54) is 28.1 Å². The van der Waals surface area contributed by atoms with E-state index in [9.17, 15) is 18.0 Å². The summed E-state index contributed by atoms with van der Waals surface area (Å²) in [6.07, 6.45) is 2.47. The number of aliphatic imine (C=N–C) groups is 1. The van der Waals surface area contributed by atoms with Gasteiger partial charge in [-0.3, -0.25) is 14.4 Å². The van der Waals surface area contributed by atoms with E-state index < -0.39 is 18.0 Å². The lowest BCUT2D eigenvalue weighted by molar-refractivity contribution is -0.274. The lowest BCUT2D eigenvalue weighted by Gasteiger charge is -2.58. The number of benzene rings is 2. The van der Waals surface area contributed by atoms with Crippen molar-refractivity contribution in [2.45, 2.75) is 91.1 Å². The lowest BCUT2D eigenvalue weighted by atomic mass is 9.58. The first-order chi connectivity index (χ1) is 29.2. The fourth-order valence-electron chi connectivity index (χ4n) is 8.53. The van der Waals surface area contributed by atoms with Crippen LogP contribution >= 0.6 is 11.3 Å². The number of fused-ring (bicyclic) bond motifs is 3. The van der Waals surface area contributed by atoms with Gasteiger partial charge in [0.2, 0.25) is 0 Å². The van der Waals surface area contributed by atoms with Crippen LogP contribution in [0.25, 0.3) is 5.00 Å². The monoisotopic (exact) mass is 847 g/mol. The van der Waals surface area contributed by atoms with Crippen LogP contribution in [0.15, 0.2) is 59.6 Å². The summed E-state index contributed by atoms with van der Waals surface area (Å²) in [5.41, 5.74) is 11.1. The van der Waals surface area contributed by atoms with Gasteiger partial charge >= 0.3 is 6.36 Å². The highest BCUT2D eigenvalue weighted by atomic mass is 32.1. The molecule has 2 aromatic carbocycles. The fourth-order valence-corrected chi connectivity index (χ4v) is 9.74. The Morgan fingerprint density at radius 1 is 0.967 bits per heavy atom. The van der Waals surface area contributed by atoms with E-state index in [0.29, 0.717) is 17.1 Å². The number of anilines is 1. The van der Waals surface area contributed by atoms with Gasteiger partial charge in [-0.1, -0.05) is 30.4 Å². The summed E-state index contributed by atoms with van der Waals surface area (Å²) < 4.78 is 48.5. The van der Waals surface area contributed by atoms with E-state index in [0.717, 1.165) is 103 Å². The lowest BCUT2D eigenvalue weighted by Crippen LogP contribution is -2.62. The van der Waals surface area contributed by atoms with Crippen molar-refractivity contribution in [3.63, 3.8) is 0 Å². The normalized spacial score (nSPS) is 18.0. The summed E-state index contributed by atoms with van der Waals surface area (Å²) in [5.74, 6) is 9.09. The second-order valence-corrected chi connectivity index (χ2v) is 17.4. The van der Waals surface area contributed by atoms with E-state index in [1.54, 1.807) is 23.5 Å². The van der Waals surface area contributed by atoms with Gasteiger partial charge in [0.25, 0.3) is 5.91 Å². The highest BCUT2D eigenvalue weighted by Gasteiger charge is 2.52. The molecule has 2 saturated carbocycles. The summed E-state index contributed by atoms with van der Waals surface area (Å²) in [5, 5.41) is 26.8. The molecule has 314 valence electrons. The number of hydrogen-bond acceptors (Lipinski definition) is 11. The Bertz CT molecular complexity index is 2580. The van der Waals surface area contributed by atoms with Crippen molar-refractivity contribution in [1.82, 2.24) is 25.0 Å². The number of nitriles is 1. The van der Waals surface area contributed by atoms with Crippen molar-refractivity contribution in [3.8, 4) is 34.4 Å². The standard InChI is InChI=1S/C31H30N8OS.C14H14F3NO2/c1-17-19(3)41-30-26(17)27(33-18(2)29-37-34-20(4)39(29)30)23-9-7-21(8-10-23)5-6-22-13-31(14-22)15-38(16-31)25-12-11-24(28(32)40)35-36-25;15-14(16,17)20-13-8-12(7-6-10(13)9-18)19-11-4-2-1-3-5-11/h7-12,18,22H,13-16H2,1-4H3,(H2,32,40);6-8,11H,1-5H2. The van der Waals surface area contributed by atoms with Crippen molar-refractivity contribution < 1.29 is 27.4 Å². The number of nitrogens with two attached hydrogens (primary N) is 1. The number of aromatic nitrogens is 5. The number of nitrogens with zero attached hydrogens (tertiary/aromatic N) is 8. The largest absolute Gasteiger partial charge is 0.573 e. The van der Waals surface area contributed by atoms with Gasteiger partial charge in [0.1, 0.15) is 28.7 Å². The van der Waals surface area contributed by atoms with Crippen molar-refractivity contribution in [2.24, 2.45) is 22.1 Å². The number of hydrogen-bond donors (Lipinski definition) is 1. The molecule has 5 heterocycles. The minimum Gasteiger partial charge on any atom is -0.490 e. The molecule has 1 unspecified atom stereocenters. The summed E-state index contributed by atoms with van der Waals surface area (Å²) in [4.78, 5) is 19.8. The van der Waals surface area contributed by atoms with Crippen molar-refractivity contribution >= 4 is 28.8 Å². The molecule has 2 aliphatic carbocycles. The predicted molar refractivity (Wildman–Crippen MR) is 224 cm³/mol. The molecule has 2 N–H and O–H groups in total. The molecule has 9 rings (SSSR count). The van der Waals surface area contributed by atoms with Crippen LogP contribution in [0.4, 0.5) is 19.0 Å². The van der Waals surface area contributed by atoms with Crippen LogP contribution < -0.4 is 20.1 Å². The van der Waals surface area contributed by atoms with Gasteiger partial charge in [-0.25, -0.2) is 0 Å². The van der Waals surface area contributed by atoms with Crippen molar-refractivity contribution in [1.29, 1.82) is 5.26 Å². The number of alkyl halides is 3. The van der Waals surface area contributed by atoms with Gasteiger partial charge in [-0.2, -0.15) is 5.26 Å². The molecule has 1 spiro atoms. The third kappa shape index (κ3) is 8.82. The van der Waals surface area contributed by atoms with Crippen LogP contribution in [0.1, 0.15) is 113 Å². The molecule has 1 amide bonds. The molecule has 0 bridgehead atoms. The van der Waals surface area contributed by atoms with Crippen LogP contribution in [0.5, 0.6) is 11.5 Å². The average Bonchev–Trinajstić information content (AvgIpc) is 3.69. The van der Waals surface area contributed by atoms with Crippen LogP contribution in [-0.4, -0.2) is 62.1 Å². The average molecular weight is 848 g/mol. The molecule has 16 heteroatoms. The molecular weight excluding hydrogens is 804 g/mol. The number of aryl methyl sites for hydroxylation is 2. The van der Waals surface area contributed by atoms with Crippen LogP contribution in [0, 0.1) is 55.3 Å². The summed E-state index contributed by atoms with van der Waals surface area (Å²) >= 11 is 1.78. The molecule has 3 fully saturated rings. The smallest absolute Gasteiger partial charge is 0.490 e. The Morgan fingerprint density at radius 3 is 2.36 bits per heavy atom. The van der Waals surface area contributed by atoms with E-state index in [-0.39, 0.29) is 23.4 Å². The Morgan fingerprint density at radius 2 is 1.70 bits per heavy atom. The molecule has 5 aromatic rings. The van der Waals surface area contributed by atoms with Gasteiger partial charge in [-0.05, 0) is 108 Å². The number of carbonyl (C=O) groups excluding carboxylic acids is 1. The van der Waals surface area contributed by atoms with Gasteiger partial charge in [-0.15, -0.1) is 44.9 Å². The minimum absolute atomic E-state index is 0.0235. The summed E-state index contributed by atoms with van der Waals surface area (Å²) in [6, 6.07) is 17.4. The van der Waals surface area contributed by atoms with Gasteiger partial charge in [0, 0.05) is 52.1 Å². The number of primary amides is 1. The molecule has 12 nitrogen and oxygen atoms in total. The third-order valence-corrected chi connectivity index (χ3v) is 12.9. The molecule has 2 aliphatic heterocycles. The first-order valence-corrected chi connectivity index (χ1v) is 21.1. The first kappa shape index (κ1) is 41.5. The maximum absolute atomic E-state index is 12.3. The maximum atomic E-state index is 12.3. The zero-order chi connectivity index (χ0) is 43.1. The molecule has 3 aromatic heterocycles. The summed E-state index contributed by atoms with van der Waals surface area (Å²) in [7, 11) is 0. The highest BCUT2D eigenvalue weighted by molar-refractivity contribution is 7.15. The van der Waals surface area contributed by atoms with Gasteiger partial charge in [0.05, 0.1) is 17.4 Å². The number of ether oxygens (including phenoxy) is 2. The number of amides is 1. The van der Waals surface area contributed by atoms with Gasteiger partial charge in [0.15, 0.2) is 23.1 Å². The zero-order valence-electron chi connectivity index (χ0n) is 34.2. The van der Waals surface area contributed by atoms with E-state index in [1.807, 2.05) is 13.0 Å². The molecule has 4 aliphatic rings. The van der Waals surface area contributed by atoms with Gasteiger partial charge < -0.3 is 20.1 Å². The Kier molecular flexibility index (Phi) is 11.3. The minimum atomic E-state index is -4.82. The van der Waals surface area contributed by atoms with E-state index in [2.05, 4.69) is 91.5 Å². The topological polar surface area (TPSA) is 157 Å². The second-order valence-electron chi connectivity index (χ2n) is 16.2. The van der Waals surface area contributed by atoms with E-state index >= 15 is 0 Å². The van der Waals surface area contributed by atoms with Crippen LogP contribution in [0.2, 0.25) is 0 Å². The maximum Gasteiger partial charge on any atom is 0.573 e. The molecule has 1 saturated heterocycles. The third-order valence-electron chi connectivity index (χ3n) is 11.7. The van der Waals surface area contributed by atoms with Crippen LogP contribution in [-0.2, 0) is 0 Å². The summed E-state index contributed by atoms with van der Waals surface area (Å²) in [6.45, 7) is 10.3. The number of rotatable bonds is 6. The molecule has 0 radical (unpaired) electrons. The Balaban J connectivity index is 0.000000216. The predicted octanol–water partition coefficient (Wildman–Crippen LogP) is 8.49. The van der Waals surface area contributed by atoms with Crippen molar-refractivity contribution in [3.05, 3.63) is 105 Å². The zero-order valence-corrected chi connectivity index (χ0v) is 35.0. The number of halogens is 3. The Labute approximate surface area is 355 Å². The van der Waals surface area contributed by atoms with Crippen molar-refractivity contribution in [2.75, 3.05) is 18.0 Å². The number of thiophene rings is 1. The van der Waals surface area contributed by atoms with E-state index in [4.69, 9.17) is 20.7 Å². The van der Waals surface area contributed by atoms with Crippen LogP contribution in [0.3, 0.4) is 0 Å².